The minimum atomic E-state index is -0.325. The highest BCUT2D eigenvalue weighted by molar-refractivity contribution is 7.71. The van der Waals surface area contributed by atoms with Crippen molar-refractivity contribution in [3.05, 3.63) is 68.7 Å². The van der Waals surface area contributed by atoms with E-state index < -0.39 is 0 Å². The van der Waals surface area contributed by atoms with Gasteiger partial charge in [0, 0.05) is 5.56 Å². The molecule has 0 atom stereocenters. The first kappa shape index (κ1) is 15.9. The summed E-state index contributed by atoms with van der Waals surface area (Å²) < 4.78 is 14.8. The molecule has 0 fully saturated rings. The maximum Gasteiger partial charge on any atom is 0.216 e. The Balaban J connectivity index is 1.98. The lowest BCUT2D eigenvalue weighted by Crippen LogP contribution is -1.95. The van der Waals surface area contributed by atoms with Crippen LogP contribution in [0, 0.1) is 10.6 Å². The quantitative estimate of drug-likeness (QED) is 0.527. The summed E-state index contributed by atoms with van der Waals surface area (Å²) in [7, 11) is 0. The minimum absolute atomic E-state index is 0.320. The van der Waals surface area contributed by atoms with E-state index in [4.69, 9.17) is 35.4 Å². The lowest BCUT2D eigenvalue weighted by Gasteiger charge is -2.01. The maximum absolute atomic E-state index is 13.0. The van der Waals surface area contributed by atoms with Crippen LogP contribution in [0.5, 0.6) is 0 Å². The number of halogens is 3. The van der Waals surface area contributed by atoms with Gasteiger partial charge in [-0.1, -0.05) is 29.3 Å². The first-order valence-electron chi connectivity index (χ1n) is 6.47. The number of aromatic nitrogens is 3. The van der Waals surface area contributed by atoms with Crippen molar-refractivity contribution in [2.75, 3.05) is 0 Å². The second-order valence-corrected chi connectivity index (χ2v) is 5.79. The van der Waals surface area contributed by atoms with Gasteiger partial charge in [-0.2, -0.15) is 14.9 Å². The highest BCUT2D eigenvalue weighted by Crippen LogP contribution is 2.22. The molecule has 1 aromatic heterocycles. The molecular formula is C15H9Cl2FN4S. The standard InChI is InChI=1S/C15H9Cl2FN4S/c16-12-6-1-9(7-13(12)17)8-19-22-14(20-21-15(22)23)10-2-4-11(18)5-3-10/h1-8H,(H,21,23)/b19-8+. The third kappa shape index (κ3) is 3.50. The van der Waals surface area contributed by atoms with Crippen LogP contribution in [0.3, 0.4) is 0 Å². The Hall–Kier alpha value is -2.02. The van der Waals surface area contributed by atoms with E-state index in [0.29, 0.717) is 26.2 Å². The van der Waals surface area contributed by atoms with Crippen molar-refractivity contribution in [2.24, 2.45) is 5.10 Å². The minimum Gasteiger partial charge on any atom is -0.250 e. The van der Waals surface area contributed by atoms with Gasteiger partial charge in [0.1, 0.15) is 5.82 Å². The molecule has 8 heteroatoms. The molecule has 2 aromatic carbocycles. The number of nitrogens with one attached hydrogen (secondary N) is 1. The molecule has 3 rings (SSSR count). The number of rotatable bonds is 3. The van der Waals surface area contributed by atoms with Gasteiger partial charge in [0.05, 0.1) is 16.3 Å². The zero-order valence-corrected chi connectivity index (χ0v) is 13.8. The van der Waals surface area contributed by atoms with Gasteiger partial charge in [-0.3, -0.25) is 0 Å². The van der Waals surface area contributed by atoms with Crippen LogP contribution < -0.4 is 0 Å². The molecule has 0 aliphatic carbocycles. The van der Waals surface area contributed by atoms with Crippen molar-refractivity contribution >= 4 is 41.6 Å². The highest BCUT2D eigenvalue weighted by Gasteiger charge is 2.08. The molecule has 0 aliphatic heterocycles. The van der Waals surface area contributed by atoms with Crippen molar-refractivity contribution in [1.82, 2.24) is 14.9 Å². The summed E-state index contributed by atoms with van der Waals surface area (Å²) in [5.74, 6) is 0.153. The van der Waals surface area contributed by atoms with Crippen molar-refractivity contribution < 1.29 is 4.39 Å². The lowest BCUT2D eigenvalue weighted by molar-refractivity contribution is 0.628. The monoisotopic (exact) mass is 366 g/mol. The molecule has 23 heavy (non-hydrogen) atoms. The Morgan fingerprint density at radius 2 is 1.87 bits per heavy atom. The Labute approximate surface area is 146 Å². The summed E-state index contributed by atoms with van der Waals surface area (Å²) in [5.41, 5.74) is 1.44. The van der Waals surface area contributed by atoms with Gasteiger partial charge in [-0.05, 0) is 54.2 Å². The van der Waals surface area contributed by atoms with Crippen LogP contribution in [-0.4, -0.2) is 21.1 Å². The average molecular weight is 367 g/mol. The Morgan fingerprint density at radius 3 is 2.57 bits per heavy atom. The zero-order valence-electron chi connectivity index (χ0n) is 11.5. The summed E-state index contributed by atoms with van der Waals surface area (Å²) in [5, 5.41) is 12.0. The number of hydrogen-bond donors (Lipinski definition) is 1. The summed E-state index contributed by atoms with van der Waals surface area (Å²) in [6.07, 6.45) is 1.58. The normalized spacial score (nSPS) is 11.3. The zero-order chi connectivity index (χ0) is 16.4. The molecule has 1 N–H and O–H groups in total. The number of nitrogens with zero attached hydrogens (tertiary/aromatic N) is 3. The largest absolute Gasteiger partial charge is 0.250 e. The molecule has 0 saturated heterocycles. The van der Waals surface area contributed by atoms with Crippen molar-refractivity contribution in [3.63, 3.8) is 0 Å². The van der Waals surface area contributed by atoms with E-state index in [9.17, 15) is 4.39 Å². The number of hydrogen-bond acceptors (Lipinski definition) is 3. The fourth-order valence-electron chi connectivity index (χ4n) is 1.90. The average Bonchev–Trinajstić information content (AvgIpc) is 2.90. The number of benzene rings is 2. The molecule has 0 radical (unpaired) electrons. The summed E-state index contributed by atoms with van der Waals surface area (Å²) in [6, 6.07) is 11.0. The first-order chi connectivity index (χ1) is 11.0. The van der Waals surface area contributed by atoms with Gasteiger partial charge in [-0.15, -0.1) is 0 Å². The van der Waals surface area contributed by atoms with Crippen LogP contribution in [0.2, 0.25) is 10.0 Å². The van der Waals surface area contributed by atoms with E-state index in [1.54, 1.807) is 36.5 Å². The van der Waals surface area contributed by atoms with E-state index in [1.807, 2.05) is 0 Å². The molecule has 116 valence electrons. The van der Waals surface area contributed by atoms with Gasteiger partial charge in [0.2, 0.25) is 4.77 Å². The maximum atomic E-state index is 13.0. The molecule has 0 bridgehead atoms. The molecule has 0 amide bonds. The first-order valence-corrected chi connectivity index (χ1v) is 7.64. The number of H-pyrrole nitrogens is 1. The van der Waals surface area contributed by atoms with E-state index in [-0.39, 0.29) is 5.82 Å². The summed E-state index contributed by atoms with van der Waals surface area (Å²) >= 11 is 17.0. The Kier molecular flexibility index (Phi) is 4.56. The molecule has 0 unspecified atom stereocenters. The van der Waals surface area contributed by atoms with E-state index in [1.165, 1.54) is 16.8 Å². The summed E-state index contributed by atoms with van der Waals surface area (Å²) in [4.78, 5) is 0. The van der Waals surface area contributed by atoms with Gasteiger partial charge < -0.3 is 0 Å². The SMILES string of the molecule is Fc1ccc(-c2n[nH]c(=S)n2/N=C/c2ccc(Cl)c(Cl)c2)cc1. The van der Waals surface area contributed by atoms with Crippen LogP contribution >= 0.6 is 35.4 Å². The second kappa shape index (κ2) is 6.62. The second-order valence-electron chi connectivity index (χ2n) is 4.59. The molecule has 0 saturated carbocycles. The van der Waals surface area contributed by atoms with E-state index in [2.05, 4.69) is 15.3 Å². The van der Waals surface area contributed by atoms with Gasteiger partial charge in [-0.25, -0.2) is 9.49 Å². The number of aromatic amines is 1. The van der Waals surface area contributed by atoms with Crippen LogP contribution in [0.1, 0.15) is 5.56 Å². The predicted octanol–water partition coefficient (Wildman–Crippen LogP) is 4.94. The molecule has 1 heterocycles. The van der Waals surface area contributed by atoms with Crippen LogP contribution in [0.15, 0.2) is 47.6 Å². The van der Waals surface area contributed by atoms with E-state index in [0.717, 1.165) is 5.56 Å². The topological polar surface area (TPSA) is 46.0 Å². The van der Waals surface area contributed by atoms with Crippen LogP contribution in [0.4, 0.5) is 4.39 Å². The smallest absolute Gasteiger partial charge is 0.216 e. The fourth-order valence-corrected chi connectivity index (χ4v) is 2.39. The van der Waals surface area contributed by atoms with Gasteiger partial charge in [0.25, 0.3) is 0 Å². The molecule has 3 aromatic rings. The highest BCUT2D eigenvalue weighted by atomic mass is 35.5. The van der Waals surface area contributed by atoms with Gasteiger partial charge in [0.15, 0.2) is 5.82 Å². The molecule has 0 spiro atoms. The van der Waals surface area contributed by atoms with Crippen molar-refractivity contribution in [2.45, 2.75) is 0 Å². The Bertz CT molecular complexity index is 931. The van der Waals surface area contributed by atoms with Crippen LogP contribution in [0.25, 0.3) is 11.4 Å². The van der Waals surface area contributed by atoms with E-state index >= 15 is 0 Å². The van der Waals surface area contributed by atoms with Crippen molar-refractivity contribution in [3.8, 4) is 11.4 Å². The van der Waals surface area contributed by atoms with Crippen LogP contribution in [-0.2, 0) is 0 Å². The molecule has 0 aliphatic rings. The third-order valence-electron chi connectivity index (χ3n) is 3.02. The molecule has 4 nitrogen and oxygen atoms in total. The van der Waals surface area contributed by atoms with Gasteiger partial charge >= 0.3 is 0 Å². The van der Waals surface area contributed by atoms with Crippen molar-refractivity contribution in [1.29, 1.82) is 0 Å². The summed E-state index contributed by atoms with van der Waals surface area (Å²) in [6.45, 7) is 0. The third-order valence-corrected chi connectivity index (χ3v) is 4.02. The molecular weight excluding hydrogens is 358 g/mol. The lowest BCUT2D eigenvalue weighted by atomic mass is 10.2. The Morgan fingerprint density at radius 1 is 1.13 bits per heavy atom. The fraction of sp³-hybridized carbons (Fsp3) is 0. The predicted molar refractivity (Wildman–Crippen MR) is 92.3 cm³/mol.